The second kappa shape index (κ2) is 10.3. The highest BCUT2D eigenvalue weighted by Gasteiger charge is 2.30. The van der Waals surface area contributed by atoms with E-state index < -0.39 is 0 Å². The molecule has 2 fully saturated rings. The van der Waals surface area contributed by atoms with Crippen molar-refractivity contribution >= 4 is 45.9 Å². The molecule has 0 amide bonds. The molecule has 4 rings (SSSR count). The Balaban J connectivity index is 0.00000225. The molecular formula is C19H28BrIN4O3. The number of hydrogen-bond donors (Lipinski definition) is 1. The largest absolute Gasteiger partial charge is 0.454 e. The molecule has 0 aromatic heterocycles. The van der Waals surface area contributed by atoms with Crippen LogP contribution in [0.3, 0.4) is 0 Å². The highest BCUT2D eigenvalue weighted by molar-refractivity contribution is 14.0. The van der Waals surface area contributed by atoms with Crippen LogP contribution in [0.15, 0.2) is 21.6 Å². The molecule has 0 radical (unpaired) electrons. The first-order valence-electron chi connectivity index (χ1n) is 9.67. The average molecular weight is 567 g/mol. The Morgan fingerprint density at radius 2 is 2.07 bits per heavy atom. The van der Waals surface area contributed by atoms with E-state index in [1.807, 2.05) is 6.07 Å². The third-order valence-corrected chi connectivity index (χ3v) is 5.85. The van der Waals surface area contributed by atoms with Gasteiger partial charge in [-0.1, -0.05) is 0 Å². The summed E-state index contributed by atoms with van der Waals surface area (Å²) in [5.41, 5.74) is 1.10. The molecule has 1 aromatic carbocycles. The highest BCUT2D eigenvalue weighted by Crippen LogP contribution is 2.40. The summed E-state index contributed by atoms with van der Waals surface area (Å²) in [4.78, 5) is 9.82. The molecule has 1 N–H and O–H groups in total. The van der Waals surface area contributed by atoms with Crippen LogP contribution in [-0.2, 0) is 11.3 Å². The molecule has 3 aliphatic rings. The van der Waals surface area contributed by atoms with E-state index in [0.717, 1.165) is 73.4 Å². The van der Waals surface area contributed by atoms with E-state index in [0.29, 0.717) is 12.6 Å². The molecule has 0 spiro atoms. The maximum absolute atomic E-state index is 5.51. The van der Waals surface area contributed by atoms with Crippen molar-refractivity contribution in [2.75, 3.05) is 52.7 Å². The second-order valence-corrected chi connectivity index (χ2v) is 7.87. The molecule has 7 nitrogen and oxygen atoms in total. The van der Waals surface area contributed by atoms with E-state index in [-0.39, 0.29) is 30.8 Å². The predicted octanol–water partition coefficient (Wildman–Crippen LogP) is 2.67. The predicted molar refractivity (Wildman–Crippen MR) is 123 cm³/mol. The van der Waals surface area contributed by atoms with Crippen LogP contribution in [0.1, 0.15) is 18.9 Å². The van der Waals surface area contributed by atoms with Gasteiger partial charge < -0.3 is 24.4 Å². The highest BCUT2D eigenvalue weighted by atomic mass is 127. The number of fused-ring (bicyclic) bond motifs is 1. The zero-order chi connectivity index (χ0) is 18.6. The Bertz CT molecular complexity index is 700. The van der Waals surface area contributed by atoms with Gasteiger partial charge in [-0.2, -0.15) is 0 Å². The van der Waals surface area contributed by atoms with Gasteiger partial charge in [-0.25, -0.2) is 4.99 Å². The van der Waals surface area contributed by atoms with Gasteiger partial charge in [-0.3, -0.25) is 4.90 Å². The minimum atomic E-state index is 0. The molecule has 156 valence electrons. The van der Waals surface area contributed by atoms with E-state index >= 15 is 0 Å². The van der Waals surface area contributed by atoms with Gasteiger partial charge in [-0.15, -0.1) is 24.0 Å². The number of aliphatic imine (C=N–C) groups is 1. The van der Waals surface area contributed by atoms with Crippen molar-refractivity contribution in [1.29, 1.82) is 0 Å². The Morgan fingerprint density at radius 1 is 1.25 bits per heavy atom. The normalized spacial score (nSPS) is 22.3. The summed E-state index contributed by atoms with van der Waals surface area (Å²) in [6.45, 7) is 9.71. The number of rotatable bonds is 4. The van der Waals surface area contributed by atoms with Gasteiger partial charge in [0.05, 0.1) is 24.2 Å². The Kier molecular flexibility index (Phi) is 8.07. The molecule has 0 bridgehead atoms. The van der Waals surface area contributed by atoms with Crippen LogP contribution in [0.2, 0.25) is 0 Å². The van der Waals surface area contributed by atoms with Crippen LogP contribution in [0, 0.1) is 0 Å². The standard InChI is InChI=1S/C19H27BrN4O3.HI/c1-2-21-19(24-4-3-15(12-24)23-5-7-25-8-6-23)22-11-14-9-16(20)18-17(10-14)26-13-27-18;/h9-10,15H,2-8,11-13H2,1H3,(H,21,22);1H. The Hall–Kier alpha value is -0.780. The first-order chi connectivity index (χ1) is 13.2. The molecule has 28 heavy (non-hydrogen) atoms. The maximum atomic E-state index is 5.51. The number of nitrogens with one attached hydrogen (secondary N) is 1. The monoisotopic (exact) mass is 566 g/mol. The van der Waals surface area contributed by atoms with E-state index in [4.69, 9.17) is 19.2 Å². The number of hydrogen-bond acceptors (Lipinski definition) is 5. The first-order valence-corrected chi connectivity index (χ1v) is 10.5. The summed E-state index contributed by atoms with van der Waals surface area (Å²) >= 11 is 3.56. The van der Waals surface area contributed by atoms with E-state index in [1.54, 1.807) is 0 Å². The topological polar surface area (TPSA) is 58.6 Å². The molecule has 0 aliphatic carbocycles. The van der Waals surface area contributed by atoms with Crippen molar-refractivity contribution < 1.29 is 14.2 Å². The Labute approximate surface area is 191 Å². The summed E-state index contributed by atoms with van der Waals surface area (Å²) in [6, 6.07) is 4.67. The molecule has 1 unspecified atom stereocenters. The van der Waals surface area contributed by atoms with Crippen molar-refractivity contribution in [2.24, 2.45) is 4.99 Å². The van der Waals surface area contributed by atoms with Crippen LogP contribution in [-0.4, -0.2) is 74.5 Å². The van der Waals surface area contributed by atoms with Crippen molar-refractivity contribution in [2.45, 2.75) is 25.9 Å². The van der Waals surface area contributed by atoms with Crippen molar-refractivity contribution in [3.8, 4) is 11.5 Å². The summed E-state index contributed by atoms with van der Waals surface area (Å²) in [5, 5.41) is 3.45. The van der Waals surface area contributed by atoms with Gasteiger partial charge >= 0.3 is 0 Å². The van der Waals surface area contributed by atoms with Gasteiger partial charge in [0, 0.05) is 38.8 Å². The number of morpholine rings is 1. The minimum Gasteiger partial charge on any atom is -0.454 e. The number of halogens is 2. The SMILES string of the molecule is CCNC(=NCc1cc(Br)c2c(c1)OCO2)N1CCC(N2CCOCC2)C1.I. The number of guanidine groups is 1. The number of ether oxygens (including phenoxy) is 3. The third-order valence-electron chi connectivity index (χ3n) is 5.26. The molecule has 1 aromatic rings. The second-order valence-electron chi connectivity index (χ2n) is 7.02. The fraction of sp³-hybridized carbons (Fsp3) is 0.632. The minimum absolute atomic E-state index is 0. The molecule has 3 aliphatic heterocycles. The number of benzene rings is 1. The van der Waals surface area contributed by atoms with Crippen LogP contribution < -0.4 is 14.8 Å². The lowest BCUT2D eigenvalue weighted by Gasteiger charge is -2.32. The maximum Gasteiger partial charge on any atom is 0.231 e. The van der Waals surface area contributed by atoms with Gasteiger partial charge in [0.2, 0.25) is 6.79 Å². The molecule has 1 atom stereocenters. The summed E-state index contributed by atoms with van der Waals surface area (Å²) in [5.74, 6) is 2.55. The molecule has 9 heteroatoms. The Morgan fingerprint density at radius 3 is 2.86 bits per heavy atom. The van der Waals surface area contributed by atoms with Gasteiger partial charge in [0.25, 0.3) is 0 Å². The zero-order valence-electron chi connectivity index (χ0n) is 16.2. The lowest BCUT2D eigenvalue weighted by Crippen LogP contribution is -2.46. The van der Waals surface area contributed by atoms with Crippen LogP contribution in [0.4, 0.5) is 0 Å². The lowest BCUT2D eigenvalue weighted by atomic mass is 10.2. The van der Waals surface area contributed by atoms with Crippen LogP contribution >= 0.6 is 39.9 Å². The van der Waals surface area contributed by atoms with Crippen LogP contribution in [0.25, 0.3) is 0 Å². The average Bonchev–Trinajstić information content (AvgIpc) is 3.36. The van der Waals surface area contributed by atoms with Gasteiger partial charge in [-0.05, 0) is 47.0 Å². The van der Waals surface area contributed by atoms with Gasteiger partial charge in [0.15, 0.2) is 17.5 Å². The van der Waals surface area contributed by atoms with Crippen LogP contribution in [0.5, 0.6) is 11.5 Å². The fourth-order valence-corrected chi connectivity index (χ4v) is 4.48. The van der Waals surface area contributed by atoms with Crippen molar-refractivity contribution in [3.63, 3.8) is 0 Å². The first kappa shape index (κ1) is 21.9. The molecule has 2 saturated heterocycles. The summed E-state index contributed by atoms with van der Waals surface area (Å²) in [7, 11) is 0. The van der Waals surface area contributed by atoms with E-state index in [9.17, 15) is 0 Å². The van der Waals surface area contributed by atoms with Crippen molar-refractivity contribution in [1.82, 2.24) is 15.1 Å². The smallest absolute Gasteiger partial charge is 0.231 e. The molecular weight excluding hydrogens is 539 g/mol. The van der Waals surface area contributed by atoms with E-state index in [2.05, 4.69) is 44.0 Å². The van der Waals surface area contributed by atoms with Gasteiger partial charge in [0.1, 0.15) is 0 Å². The number of likely N-dealkylation sites (tertiary alicyclic amines) is 1. The van der Waals surface area contributed by atoms with Crippen molar-refractivity contribution in [3.05, 3.63) is 22.2 Å². The molecule has 3 heterocycles. The quantitative estimate of drug-likeness (QED) is 0.344. The lowest BCUT2D eigenvalue weighted by molar-refractivity contribution is 0.0195. The number of nitrogens with zero attached hydrogens (tertiary/aromatic N) is 3. The summed E-state index contributed by atoms with van der Waals surface area (Å²) in [6.07, 6.45) is 1.18. The van der Waals surface area contributed by atoms with E-state index in [1.165, 1.54) is 6.42 Å². The fourth-order valence-electron chi connectivity index (χ4n) is 3.88. The summed E-state index contributed by atoms with van der Waals surface area (Å²) < 4.78 is 17.4. The third kappa shape index (κ3) is 5.03. The molecule has 0 saturated carbocycles. The zero-order valence-corrected chi connectivity index (χ0v) is 20.1.